The summed E-state index contributed by atoms with van der Waals surface area (Å²) in [5, 5.41) is 4.19. The first-order chi connectivity index (χ1) is 6.15. The first kappa shape index (κ1) is 10.5. The fourth-order valence-corrected chi connectivity index (χ4v) is 1.57. The first-order valence-electron chi connectivity index (χ1n) is 4.51. The number of hydrogen-bond donors (Lipinski definition) is 0. The van der Waals surface area contributed by atoms with Crippen LogP contribution < -0.4 is 5.32 Å². The summed E-state index contributed by atoms with van der Waals surface area (Å²) in [6, 6.07) is 0. The lowest BCUT2D eigenvalue weighted by atomic mass is 9.88. The van der Waals surface area contributed by atoms with Crippen molar-refractivity contribution in [1.82, 2.24) is 5.32 Å². The number of esters is 1. The van der Waals surface area contributed by atoms with Crippen LogP contribution in [-0.2, 0) is 14.3 Å². The second kappa shape index (κ2) is 4.07. The number of rotatable bonds is 3. The molecule has 0 saturated carbocycles. The third kappa shape index (κ3) is 1.84. The maximum Gasteiger partial charge on any atom is 0.315 e. The van der Waals surface area contributed by atoms with Gasteiger partial charge in [-0.15, -0.1) is 0 Å². The monoisotopic (exact) mass is 186 g/mol. The highest BCUT2D eigenvalue weighted by atomic mass is 16.5. The zero-order valence-corrected chi connectivity index (χ0v) is 8.37. The molecule has 13 heavy (non-hydrogen) atoms. The van der Waals surface area contributed by atoms with E-state index < -0.39 is 5.41 Å². The van der Waals surface area contributed by atoms with Crippen LogP contribution in [0.2, 0.25) is 0 Å². The quantitative estimate of drug-likeness (QED) is 0.604. The van der Waals surface area contributed by atoms with Gasteiger partial charge in [0.1, 0.15) is 11.6 Å². The molecule has 75 valence electrons. The van der Waals surface area contributed by atoms with E-state index >= 15 is 0 Å². The summed E-state index contributed by atoms with van der Waals surface area (Å²) in [5.41, 5.74) is -0.579. The lowest BCUT2D eigenvalue weighted by molar-refractivity contribution is -0.161. The summed E-state index contributed by atoms with van der Waals surface area (Å²) in [6.07, 6.45) is 0.371. The fraction of sp³-hybridized carbons (Fsp3) is 0.889. The third-order valence-electron chi connectivity index (χ3n) is 2.44. The topological polar surface area (TPSA) is 49.6 Å². The summed E-state index contributed by atoms with van der Waals surface area (Å²) in [6.45, 7) is 4.73. The van der Waals surface area contributed by atoms with E-state index in [1.807, 2.05) is 6.92 Å². The predicted octanol–water partition coefficient (Wildman–Crippen LogP) is 0.536. The molecule has 4 heteroatoms. The Kier molecular flexibility index (Phi) is 3.27. The Morgan fingerprint density at radius 2 is 2.38 bits per heavy atom. The van der Waals surface area contributed by atoms with Gasteiger partial charge in [0.2, 0.25) is 0 Å². The SMILES string of the molecule is CCOC(=O)C1(C)CC[N]C1OC. The molecule has 0 aromatic carbocycles. The molecular weight excluding hydrogens is 170 g/mol. The Morgan fingerprint density at radius 1 is 1.69 bits per heavy atom. The van der Waals surface area contributed by atoms with E-state index in [-0.39, 0.29) is 12.2 Å². The number of hydrogen-bond acceptors (Lipinski definition) is 3. The number of carbonyl (C=O) groups is 1. The molecule has 0 aliphatic carbocycles. The second-order valence-corrected chi connectivity index (χ2v) is 3.38. The van der Waals surface area contributed by atoms with Crippen LogP contribution in [0, 0.1) is 5.41 Å². The van der Waals surface area contributed by atoms with Gasteiger partial charge in [0.25, 0.3) is 0 Å². The van der Waals surface area contributed by atoms with Crippen LogP contribution in [-0.4, -0.2) is 32.5 Å². The van der Waals surface area contributed by atoms with Crippen molar-refractivity contribution < 1.29 is 14.3 Å². The Bertz CT molecular complexity index is 195. The van der Waals surface area contributed by atoms with E-state index in [1.54, 1.807) is 14.0 Å². The third-order valence-corrected chi connectivity index (χ3v) is 2.44. The van der Waals surface area contributed by atoms with Crippen LogP contribution in [0.3, 0.4) is 0 Å². The molecule has 1 saturated heterocycles. The van der Waals surface area contributed by atoms with Gasteiger partial charge in [-0.25, -0.2) is 5.32 Å². The van der Waals surface area contributed by atoms with E-state index in [4.69, 9.17) is 9.47 Å². The zero-order chi connectivity index (χ0) is 9.90. The lowest BCUT2D eigenvalue weighted by Gasteiger charge is -2.26. The minimum absolute atomic E-state index is 0.205. The highest BCUT2D eigenvalue weighted by Gasteiger charge is 2.47. The van der Waals surface area contributed by atoms with Gasteiger partial charge in [-0.2, -0.15) is 0 Å². The minimum Gasteiger partial charge on any atom is -0.465 e. The van der Waals surface area contributed by atoms with Crippen LogP contribution in [0.4, 0.5) is 0 Å². The molecule has 2 unspecified atom stereocenters. The summed E-state index contributed by atoms with van der Waals surface area (Å²) >= 11 is 0. The smallest absolute Gasteiger partial charge is 0.315 e. The van der Waals surface area contributed by atoms with Crippen molar-refractivity contribution >= 4 is 5.97 Å². The summed E-state index contributed by atoms with van der Waals surface area (Å²) in [5.74, 6) is -0.205. The van der Waals surface area contributed by atoms with Crippen molar-refractivity contribution in [2.45, 2.75) is 26.5 Å². The van der Waals surface area contributed by atoms with E-state index in [0.29, 0.717) is 19.6 Å². The van der Waals surface area contributed by atoms with Crippen LogP contribution in [0.15, 0.2) is 0 Å². The normalized spacial score (nSPS) is 33.3. The van der Waals surface area contributed by atoms with E-state index in [0.717, 1.165) is 0 Å². The Labute approximate surface area is 78.6 Å². The standard InChI is InChI=1S/C9H16NO3/c1-4-13-8(11)9(2)5-6-10-7(9)12-3/h7H,4-6H2,1-3H3. The van der Waals surface area contributed by atoms with Gasteiger partial charge in [0.05, 0.1) is 6.61 Å². The molecule has 4 nitrogen and oxygen atoms in total. The highest BCUT2D eigenvalue weighted by Crippen LogP contribution is 2.33. The van der Waals surface area contributed by atoms with Crippen LogP contribution in [0.5, 0.6) is 0 Å². The summed E-state index contributed by atoms with van der Waals surface area (Å²) in [7, 11) is 1.57. The predicted molar refractivity (Wildman–Crippen MR) is 47.2 cm³/mol. The molecule has 0 bridgehead atoms. The van der Waals surface area contributed by atoms with E-state index in [1.165, 1.54) is 0 Å². The average Bonchev–Trinajstić information content (AvgIpc) is 2.48. The molecule has 0 spiro atoms. The summed E-state index contributed by atoms with van der Waals surface area (Å²) < 4.78 is 10.1. The Hall–Kier alpha value is -0.610. The van der Waals surface area contributed by atoms with Crippen LogP contribution in [0.25, 0.3) is 0 Å². The number of ether oxygens (including phenoxy) is 2. The molecule has 0 N–H and O–H groups in total. The zero-order valence-electron chi connectivity index (χ0n) is 8.37. The maximum atomic E-state index is 11.6. The van der Waals surface area contributed by atoms with Crippen LogP contribution in [0.1, 0.15) is 20.3 Å². The molecule has 0 aromatic rings. The van der Waals surface area contributed by atoms with Crippen molar-refractivity contribution in [3.8, 4) is 0 Å². The molecule has 1 heterocycles. The van der Waals surface area contributed by atoms with Crippen molar-refractivity contribution in [2.75, 3.05) is 20.3 Å². The van der Waals surface area contributed by atoms with Gasteiger partial charge in [-0.1, -0.05) is 0 Å². The second-order valence-electron chi connectivity index (χ2n) is 3.38. The molecule has 1 radical (unpaired) electrons. The molecule has 2 atom stereocenters. The molecule has 1 aliphatic rings. The molecule has 0 amide bonds. The summed E-state index contributed by atoms with van der Waals surface area (Å²) in [4.78, 5) is 11.6. The highest BCUT2D eigenvalue weighted by molar-refractivity contribution is 5.77. The largest absolute Gasteiger partial charge is 0.465 e. The van der Waals surface area contributed by atoms with Gasteiger partial charge >= 0.3 is 5.97 Å². The van der Waals surface area contributed by atoms with Gasteiger partial charge in [0, 0.05) is 13.7 Å². The number of nitrogens with zero attached hydrogens (tertiary/aromatic N) is 1. The number of methoxy groups -OCH3 is 1. The van der Waals surface area contributed by atoms with Gasteiger partial charge in [-0.3, -0.25) is 4.79 Å². The lowest BCUT2D eigenvalue weighted by Crippen LogP contribution is -2.40. The van der Waals surface area contributed by atoms with Gasteiger partial charge in [0.15, 0.2) is 0 Å². The fourth-order valence-electron chi connectivity index (χ4n) is 1.57. The average molecular weight is 186 g/mol. The van der Waals surface area contributed by atoms with Gasteiger partial charge < -0.3 is 9.47 Å². The van der Waals surface area contributed by atoms with Crippen molar-refractivity contribution in [3.05, 3.63) is 0 Å². The molecular formula is C9H16NO3. The first-order valence-corrected chi connectivity index (χ1v) is 4.51. The molecule has 1 fully saturated rings. The Morgan fingerprint density at radius 3 is 2.92 bits per heavy atom. The Balaban J connectivity index is 2.67. The van der Waals surface area contributed by atoms with Crippen molar-refractivity contribution in [1.29, 1.82) is 0 Å². The minimum atomic E-state index is -0.579. The van der Waals surface area contributed by atoms with Gasteiger partial charge in [-0.05, 0) is 20.3 Å². The molecule has 1 rings (SSSR count). The van der Waals surface area contributed by atoms with E-state index in [2.05, 4.69) is 5.32 Å². The van der Waals surface area contributed by atoms with E-state index in [9.17, 15) is 4.79 Å². The van der Waals surface area contributed by atoms with Crippen LogP contribution >= 0.6 is 0 Å². The molecule has 0 aromatic heterocycles. The maximum absolute atomic E-state index is 11.6. The molecule has 1 aliphatic heterocycles. The number of carbonyl (C=O) groups excluding carboxylic acids is 1. The van der Waals surface area contributed by atoms with Crippen molar-refractivity contribution in [3.63, 3.8) is 0 Å². The van der Waals surface area contributed by atoms with Crippen molar-refractivity contribution in [2.24, 2.45) is 5.41 Å².